The molecule has 0 spiro atoms. The number of carbonyl (C=O) groups is 1. The molecule has 0 radical (unpaired) electrons. The quantitative estimate of drug-likeness (QED) is 0.910. The summed E-state index contributed by atoms with van der Waals surface area (Å²) in [5.41, 5.74) is 8.04. The van der Waals surface area contributed by atoms with E-state index >= 15 is 0 Å². The summed E-state index contributed by atoms with van der Waals surface area (Å²) >= 11 is 0. The van der Waals surface area contributed by atoms with Crippen molar-refractivity contribution in [2.45, 2.75) is 58.6 Å². The van der Waals surface area contributed by atoms with Gasteiger partial charge in [0.15, 0.2) is 6.10 Å². The third-order valence-electron chi connectivity index (χ3n) is 4.46. The summed E-state index contributed by atoms with van der Waals surface area (Å²) in [5.74, 6) is 1.28. The van der Waals surface area contributed by atoms with E-state index in [9.17, 15) is 4.79 Å². The van der Waals surface area contributed by atoms with E-state index in [0.29, 0.717) is 12.5 Å². The fraction of sp³-hybridized carbons (Fsp3) is 0.611. The number of nitrogens with two attached hydrogens (primary N) is 1. The maximum Gasteiger partial charge on any atom is 0.263 e. The first-order chi connectivity index (χ1) is 10.4. The van der Waals surface area contributed by atoms with Crippen LogP contribution in [0.15, 0.2) is 18.2 Å². The van der Waals surface area contributed by atoms with Gasteiger partial charge in [0.1, 0.15) is 5.75 Å². The third kappa shape index (κ3) is 3.61. The standard InChI is InChI=1S/C18H28N2O2/c1-12(2)15-8-7-13(3)17(10-15)22-14(4)18(21)20-9-5-6-16(20)11-19/h7-8,10,12,14,16H,5-6,9,11,19H2,1-4H3. The molecule has 0 saturated carbocycles. The largest absolute Gasteiger partial charge is 0.481 e. The maximum atomic E-state index is 12.6. The lowest BCUT2D eigenvalue weighted by Crippen LogP contribution is -2.45. The minimum Gasteiger partial charge on any atom is -0.481 e. The topological polar surface area (TPSA) is 55.6 Å². The highest BCUT2D eigenvalue weighted by molar-refractivity contribution is 5.81. The van der Waals surface area contributed by atoms with Crippen molar-refractivity contribution < 1.29 is 9.53 Å². The summed E-state index contributed by atoms with van der Waals surface area (Å²) in [4.78, 5) is 14.5. The molecule has 4 heteroatoms. The zero-order chi connectivity index (χ0) is 16.3. The number of likely N-dealkylation sites (tertiary alicyclic amines) is 1. The van der Waals surface area contributed by atoms with Crippen molar-refractivity contribution in [3.8, 4) is 5.75 Å². The van der Waals surface area contributed by atoms with Gasteiger partial charge in [-0.1, -0.05) is 26.0 Å². The molecular formula is C18H28N2O2. The van der Waals surface area contributed by atoms with Crippen LogP contribution in [0.1, 0.15) is 50.7 Å². The van der Waals surface area contributed by atoms with Crippen LogP contribution < -0.4 is 10.5 Å². The summed E-state index contributed by atoms with van der Waals surface area (Å²) in [6.45, 7) is 9.46. The van der Waals surface area contributed by atoms with Gasteiger partial charge in [-0.2, -0.15) is 0 Å². The molecule has 1 amide bonds. The summed E-state index contributed by atoms with van der Waals surface area (Å²) < 4.78 is 5.97. The van der Waals surface area contributed by atoms with E-state index in [2.05, 4.69) is 26.0 Å². The molecule has 1 fully saturated rings. The molecule has 122 valence electrons. The molecule has 1 aliphatic rings. The van der Waals surface area contributed by atoms with Gasteiger partial charge in [0.2, 0.25) is 0 Å². The van der Waals surface area contributed by atoms with Crippen LogP contribution in [0.3, 0.4) is 0 Å². The first kappa shape index (κ1) is 16.8. The lowest BCUT2D eigenvalue weighted by atomic mass is 10.0. The predicted molar refractivity (Wildman–Crippen MR) is 89.1 cm³/mol. The summed E-state index contributed by atoms with van der Waals surface area (Å²) in [6, 6.07) is 6.39. The molecule has 2 unspecified atom stereocenters. The Balaban J connectivity index is 2.09. The van der Waals surface area contributed by atoms with Gasteiger partial charge in [-0.25, -0.2) is 0 Å². The van der Waals surface area contributed by atoms with Crippen molar-refractivity contribution in [2.75, 3.05) is 13.1 Å². The first-order valence-corrected chi connectivity index (χ1v) is 8.21. The molecule has 1 aromatic rings. The van der Waals surface area contributed by atoms with Crippen molar-refractivity contribution >= 4 is 5.91 Å². The van der Waals surface area contributed by atoms with Crippen molar-refractivity contribution in [1.82, 2.24) is 4.90 Å². The van der Waals surface area contributed by atoms with Gasteiger partial charge in [-0.3, -0.25) is 4.79 Å². The van der Waals surface area contributed by atoms with E-state index in [-0.39, 0.29) is 11.9 Å². The van der Waals surface area contributed by atoms with Gasteiger partial charge in [0.05, 0.1) is 0 Å². The number of rotatable bonds is 5. The molecule has 0 bridgehead atoms. The van der Waals surface area contributed by atoms with Gasteiger partial charge in [0, 0.05) is 19.1 Å². The molecule has 2 atom stereocenters. The maximum absolute atomic E-state index is 12.6. The van der Waals surface area contributed by atoms with E-state index in [1.807, 2.05) is 24.8 Å². The molecule has 1 aromatic carbocycles. The van der Waals surface area contributed by atoms with Gasteiger partial charge in [-0.05, 0) is 49.8 Å². The second-order valence-corrected chi connectivity index (χ2v) is 6.50. The number of nitrogens with zero attached hydrogens (tertiary/aromatic N) is 1. The Labute approximate surface area is 133 Å². The predicted octanol–water partition coefficient (Wildman–Crippen LogP) is 2.84. The summed E-state index contributed by atoms with van der Waals surface area (Å²) in [6.07, 6.45) is 1.55. The number of amides is 1. The average Bonchev–Trinajstić information content (AvgIpc) is 2.96. The average molecular weight is 304 g/mol. The van der Waals surface area contributed by atoms with E-state index in [1.54, 1.807) is 0 Å². The lowest BCUT2D eigenvalue weighted by molar-refractivity contribution is -0.138. The summed E-state index contributed by atoms with van der Waals surface area (Å²) in [5, 5.41) is 0. The van der Waals surface area contributed by atoms with Crippen LogP contribution in [0.4, 0.5) is 0 Å². The number of hydrogen-bond donors (Lipinski definition) is 1. The van der Waals surface area contributed by atoms with Crippen LogP contribution >= 0.6 is 0 Å². The number of hydrogen-bond acceptors (Lipinski definition) is 3. The molecule has 2 rings (SSSR count). The van der Waals surface area contributed by atoms with E-state index in [1.165, 1.54) is 5.56 Å². The zero-order valence-corrected chi connectivity index (χ0v) is 14.1. The smallest absolute Gasteiger partial charge is 0.263 e. The summed E-state index contributed by atoms with van der Waals surface area (Å²) in [7, 11) is 0. The van der Waals surface area contributed by atoms with Gasteiger partial charge in [0.25, 0.3) is 5.91 Å². The minimum absolute atomic E-state index is 0.0438. The Hall–Kier alpha value is -1.55. The van der Waals surface area contributed by atoms with Gasteiger partial charge < -0.3 is 15.4 Å². The number of ether oxygens (including phenoxy) is 1. The molecule has 0 aliphatic carbocycles. The van der Waals surface area contributed by atoms with Crippen LogP contribution in [-0.2, 0) is 4.79 Å². The fourth-order valence-electron chi connectivity index (χ4n) is 2.95. The fourth-order valence-corrected chi connectivity index (χ4v) is 2.95. The molecule has 4 nitrogen and oxygen atoms in total. The molecule has 0 aromatic heterocycles. The minimum atomic E-state index is -0.478. The molecule has 22 heavy (non-hydrogen) atoms. The Morgan fingerprint density at radius 1 is 1.41 bits per heavy atom. The molecule has 2 N–H and O–H groups in total. The van der Waals surface area contributed by atoms with Crippen LogP contribution in [0.2, 0.25) is 0 Å². The Bertz CT molecular complexity index is 528. The van der Waals surface area contributed by atoms with E-state index < -0.39 is 6.10 Å². The van der Waals surface area contributed by atoms with Crippen LogP contribution in [0, 0.1) is 6.92 Å². The van der Waals surface area contributed by atoms with E-state index in [4.69, 9.17) is 10.5 Å². The lowest BCUT2D eigenvalue weighted by Gasteiger charge is -2.27. The number of benzene rings is 1. The van der Waals surface area contributed by atoms with E-state index in [0.717, 1.165) is 30.7 Å². The molecule has 1 saturated heterocycles. The first-order valence-electron chi connectivity index (χ1n) is 8.21. The Kier molecular flexibility index (Phi) is 5.46. The third-order valence-corrected chi connectivity index (χ3v) is 4.46. The van der Waals surface area contributed by atoms with Crippen LogP contribution in [-0.4, -0.2) is 36.0 Å². The molecule has 1 aliphatic heterocycles. The van der Waals surface area contributed by atoms with Crippen molar-refractivity contribution in [3.63, 3.8) is 0 Å². The second kappa shape index (κ2) is 7.14. The SMILES string of the molecule is Cc1ccc(C(C)C)cc1OC(C)C(=O)N1CCCC1CN. The zero-order valence-electron chi connectivity index (χ0n) is 14.1. The highest BCUT2D eigenvalue weighted by atomic mass is 16.5. The normalized spacial score (nSPS) is 19.5. The van der Waals surface area contributed by atoms with Crippen molar-refractivity contribution in [3.05, 3.63) is 29.3 Å². The molecular weight excluding hydrogens is 276 g/mol. The van der Waals surface area contributed by atoms with Gasteiger partial charge >= 0.3 is 0 Å². The Morgan fingerprint density at radius 3 is 2.77 bits per heavy atom. The van der Waals surface area contributed by atoms with Crippen molar-refractivity contribution in [2.24, 2.45) is 5.73 Å². The number of aryl methyl sites for hydroxylation is 1. The highest BCUT2D eigenvalue weighted by Crippen LogP contribution is 2.26. The van der Waals surface area contributed by atoms with Crippen molar-refractivity contribution in [1.29, 1.82) is 0 Å². The molecule has 1 heterocycles. The van der Waals surface area contributed by atoms with Crippen LogP contribution in [0.25, 0.3) is 0 Å². The van der Waals surface area contributed by atoms with Crippen LogP contribution in [0.5, 0.6) is 5.75 Å². The second-order valence-electron chi connectivity index (χ2n) is 6.50. The number of carbonyl (C=O) groups excluding carboxylic acids is 1. The highest BCUT2D eigenvalue weighted by Gasteiger charge is 2.31. The Morgan fingerprint density at radius 2 is 2.14 bits per heavy atom. The monoisotopic (exact) mass is 304 g/mol. The van der Waals surface area contributed by atoms with Gasteiger partial charge in [-0.15, -0.1) is 0 Å².